The molecule has 2 atom stereocenters. The first-order valence-corrected chi connectivity index (χ1v) is 9.81. The standard InChI is InChI=1S/C23H26N4O3/c1-4-30-22(29)21(16(3)28)20-14-19(17-12-10-15(2)11-13-17)26-23(27(20)24)25-18-8-6-5-7-9-18/h5-14,20-21H,4,24H2,1-3H3,(H,25,26). The Bertz CT molecular complexity index is 968. The van der Waals surface area contributed by atoms with Crippen molar-refractivity contribution in [3.63, 3.8) is 0 Å². The van der Waals surface area contributed by atoms with E-state index in [0.29, 0.717) is 11.7 Å². The second kappa shape index (κ2) is 9.37. The molecule has 0 saturated carbocycles. The van der Waals surface area contributed by atoms with Crippen LogP contribution < -0.4 is 11.2 Å². The number of ketones is 1. The summed E-state index contributed by atoms with van der Waals surface area (Å²) in [4.78, 5) is 29.6. The number of carbonyl (C=O) groups is 2. The van der Waals surface area contributed by atoms with Crippen LogP contribution in [0.1, 0.15) is 25.0 Å². The summed E-state index contributed by atoms with van der Waals surface area (Å²) in [6, 6.07) is 16.5. The van der Waals surface area contributed by atoms with E-state index in [2.05, 4.69) is 10.3 Å². The number of hydrogen-bond acceptors (Lipinski definition) is 7. The van der Waals surface area contributed by atoms with E-state index in [4.69, 9.17) is 10.6 Å². The Labute approximate surface area is 176 Å². The molecule has 1 aliphatic heterocycles. The van der Waals surface area contributed by atoms with Gasteiger partial charge in [0.15, 0.2) is 0 Å². The molecule has 0 aliphatic carbocycles. The molecule has 7 heteroatoms. The minimum atomic E-state index is -1.07. The third-order valence-corrected chi connectivity index (χ3v) is 4.82. The topological polar surface area (TPSA) is 97.0 Å². The number of nitrogens with two attached hydrogens (primary N) is 1. The van der Waals surface area contributed by atoms with Crippen molar-refractivity contribution in [3.05, 3.63) is 71.8 Å². The van der Waals surface area contributed by atoms with Gasteiger partial charge in [-0.1, -0.05) is 48.0 Å². The average Bonchev–Trinajstić information content (AvgIpc) is 2.72. The van der Waals surface area contributed by atoms with Gasteiger partial charge < -0.3 is 10.1 Å². The summed E-state index contributed by atoms with van der Waals surface area (Å²) in [5.41, 5.74) is 3.38. The maximum atomic E-state index is 12.6. The molecule has 156 valence electrons. The predicted octanol–water partition coefficient (Wildman–Crippen LogP) is 3.13. The summed E-state index contributed by atoms with van der Waals surface area (Å²) in [7, 11) is 0. The van der Waals surface area contributed by atoms with Gasteiger partial charge in [-0.2, -0.15) is 0 Å². The van der Waals surface area contributed by atoms with Crippen LogP contribution >= 0.6 is 0 Å². The highest BCUT2D eigenvalue weighted by atomic mass is 16.5. The van der Waals surface area contributed by atoms with Crippen molar-refractivity contribution in [2.45, 2.75) is 26.8 Å². The number of hydrazine groups is 1. The van der Waals surface area contributed by atoms with Crippen LogP contribution in [0.25, 0.3) is 5.70 Å². The molecular weight excluding hydrogens is 380 g/mol. The monoisotopic (exact) mass is 406 g/mol. The van der Waals surface area contributed by atoms with Gasteiger partial charge in [-0.25, -0.2) is 10.8 Å². The zero-order chi connectivity index (χ0) is 21.7. The fourth-order valence-corrected chi connectivity index (χ4v) is 3.26. The van der Waals surface area contributed by atoms with Crippen LogP contribution in [0.4, 0.5) is 5.69 Å². The van der Waals surface area contributed by atoms with E-state index >= 15 is 0 Å². The minimum absolute atomic E-state index is 0.178. The average molecular weight is 406 g/mol. The van der Waals surface area contributed by atoms with Gasteiger partial charge in [-0.05, 0) is 39.0 Å². The second-order valence-corrected chi connectivity index (χ2v) is 7.08. The first-order valence-electron chi connectivity index (χ1n) is 9.81. The zero-order valence-electron chi connectivity index (χ0n) is 17.3. The van der Waals surface area contributed by atoms with Crippen molar-refractivity contribution in [3.8, 4) is 0 Å². The first kappa shape index (κ1) is 21.3. The molecule has 2 aromatic rings. The Morgan fingerprint density at radius 2 is 1.83 bits per heavy atom. The van der Waals surface area contributed by atoms with Gasteiger partial charge in [0.05, 0.1) is 18.3 Å². The van der Waals surface area contributed by atoms with Crippen molar-refractivity contribution >= 4 is 29.1 Å². The maximum absolute atomic E-state index is 12.6. The zero-order valence-corrected chi connectivity index (χ0v) is 17.3. The maximum Gasteiger partial charge on any atom is 0.318 e. The molecule has 2 aromatic carbocycles. The van der Waals surface area contributed by atoms with Gasteiger partial charge >= 0.3 is 5.97 Å². The lowest BCUT2D eigenvalue weighted by molar-refractivity contribution is -0.152. The van der Waals surface area contributed by atoms with Crippen LogP contribution in [0, 0.1) is 12.8 Å². The number of benzene rings is 2. The number of esters is 1. The molecule has 2 unspecified atom stereocenters. The predicted molar refractivity (Wildman–Crippen MR) is 117 cm³/mol. The number of ether oxygens (including phenoxy) is 1. The number of rotatable bonds is 6. The molecule has 30 heavy (non-hydrogen) atoms. The highest BCUT2D eigenvalue weighted by molar-refractivity contribution is 6.03. The quantitative estimate of drug-likeness (QED) is 0.435. The number of nitrogens with zero attached hydrogens (tertiary/aromatic N) is 2. The third kappa shape index (κ3) is 4.75. The van der Waals surface area contributed by atoms with E-state index in [9.17, 15) is 9.59 Å². The number of aryl methyl sites for hydroxylation is 1. The fraction of sp³-hybridized carbons (Fsp3) is 0.261. The molecule has 0 saturated heterocycles. The van der Waals surface area contributed by atoms with Gasteiger partial charge in [0, 0.05) is 11.3 Å². The Morgan fingerprint density at radius 1 is 1.17 bits per heavy atom. The summed E-state index contributed by atoms with van der Waals surface area (Å²) in [5.74, 6) is 4.68. The summed E-state index contributed by atoms with van der Waals surface area (Å²) in [5, 5.41) is 4.50. The number of aliphatic imine (C=N–C) groups is 1. The van der Waals surface area contributed by atoms with E-state index in [1.165, 1.54) is 11.9 Å². The third-order valence-electron chi connectivity index (χ3n) is 4.82. The molecule has 0 bridgehead atoms. The smallest absolute Gasteiger partial charge is 0.318 e. The number of guanidine groups is 1. The minimum Gasteiger partial charge on any atom is -0.465 e. The van der Waals surface area contributed by atoms with E-state index in [1.807, 2.05) is 61.5 Å². The van der Waals surface area contributed by atoms with Crippen molar-refractivity contribution in [1.82, 2.24) is 5.01 Å². The van der Waals surface area contributed by atoms with Crippen LogP contribution in [0.2, 0.25) is 0 Å². The Hall–Kier alpha value is -3.45. The van der Waals surface area contributed by atoms with Gasteiger partial charge in [-0.15, -0.1) is 0 Å². The number of nitrogens with one attached hydrogen (secondary N) is 1. The van der Waals surface area contributed by atoms with Gasteiger partial charge in [0.25, 0.3) is 0 Å². The first-order chi connectivity index (χ1) is 14.4. The lowest BCUT2D eigenvalue weighted by atomic mass is 9.92. The van der Waals surface area contributed by atoms with E-state index in [1.54, 1.807) is 13.0 Å². The SMILES string of the molecule is CCOC(=O)C(C(C)=O)C1C=C(c2ccc(C)cc2)N=C(Nc2ccccc2)N1N. The van der Waals surface area contributed by atoms with Crippen LogP contribution in [0.15, 0.2) is 65.7 Å². The molecule has 1 heterocycles. The number of anilines is 1. The van der Waals surface area contributed by atoms with Gasteiger partial charge in [0.1, 0.15) is 11.7 Å². The Kier molecular flexibility index (Phi) is 6.64. The van der Waals surface area contributed by atoms with Crippen molar-refractivity contribution < 1.29 is 14.3 Å². The molecule has 0 aromatic heterocycles. The molecular formula is C23H26N4O3. The van der Waals surface area contributed by atoms with E-state index in [0.717, 1.165) is 16.8 Å². The fourth-order valence-electron chi connectivity index (χ4n) is 3.26. The molecule has 0 radical (unpaired) electrons. The van der Waals surface area contributed by atoms with Crippen LogP contribution in [0.5, 0.6) is 0 Å². The summed E-state index contributed by atoms with van der Waals surface area (Å²) < 4.78 is 5.15. The van der Waals surface area contributed by atoms with E-state index in [-0.39, 0.29) is 12.4 Å². The molecule has 0 amide bonds. The van der Waals surface area contributed by atoms with Crippen molar-refractivity contribution in [2.75, 3.05) is 11.9 Å². The van der Waals surface area contributed by atoms with Crippen molar-refractivity contribution in [2.24, 2.45) is 16.8 Å². The molecule has 1 aliphatic rings. The van der Waals surface area contributed by atoms with Crippen LogP contribution in [0.3, 0.4) is 0 Å². The molecule has 3 N–H and O–H groups in total. The number of Topliss-reactive ketones (excluding diaryl/α,β-unsaturated/α-hetero) is 1. The van der Waals surface area contributed by atoms with Gasteiger partial charge in [0.2, 0.25) is 5.96 Å². The molecule has 0 spiro atoms. The highest BCUT2D eigenvalue weighted by Crippen LogP contribution is 2.27. The van der Waals surface area contributed by atoms with Crippen LogP contribution in [-0.2, 0) is 14.3 Å². The summed E-state index contributed by atoms with van der Waals surface area (Å²) in [6.07, 6.45) is 1.74. The normalized spacial score (nSPS) is 16.9. The molecule has 0 fully saturated rings. The van der Waals surface area contributed by atoms with E-state index < -0.39 is 17.9 Å². The number of hydrogen-bond donors (Lipinski definition) is 2. The lowest BCUT2D eigenvalue weighted by Gasteiger charge is -2.35. The molecule has 3 rings (SSSR count). The highest BCUT2D eigenvalue weighted by Gasteiger charge is 2.39. The Balaban J connectivity index is 2.04. The van der Waals surface area contributed by atoms with Crippen molar-refractivity contribution in [1.29, 1.82) is 0 Å². The van der Waals surface area contributed by atoms with Gasteiger partial charge in [-0.3, -0.25) is 14.6 Å². The summed E-state index contributed by atoms with van der Waals surface area (Å²) in [6.45, 7) is 5.25. The number of carbonyl (C=O) groups excluding carboxylic acids is 2. The molecule has 7 nitrogen and oxygen atoms in total. The largest absolute Gasteiger partial charge is 0.465 e. The lowest BCUT2D eigenvalue weighted by Crippen LogP contribution is -2.55. The Morgan fingerprint density at radius 3 is 2.43 bits per heavy atom. The van der Waals surface area contributed by atoms with Crippen LogP contribution in [-0.4, -0.2) is 35.4 Å². The second-order valence-electron chi connectivity index (χ2n) is 7.08. The summed E-state index contributed by atoms with van der Waals surface area (Å²) >= 11 is 0. The number of para-hydroxylation sites is 1.